The monoisotopic (exact) mass is 360 g/mol. The minimum Gasteiger partial charge on any atom is -0.481 e. The van der Waals surface area contributed by atoms with Gasteiger partial charge in [-0.1, -0.05) is 23.7 Å². The Bertz CT molecular complexity index is 714. The maximum absolute atomic E-state index is 12.2. The summed E-state index contributed by atoms with van der Waals surface area (Å²) < 4.78 is 5.59. The molecule has 0 bridgehead atoms. The lowest BCUT2D eigenvalue weighted by atomic mass is 10.1. The number of ether oxygens (including phenoxy) is 1. The Kier molecular flexibility index (Phi) is 6.83. The second-order valence-electron chi connectivity index (χ2n) is 5.57. The van der Waals surface area contributed by atoms with Crippen LogP contribution in [0.5, 0.6) is 5.75 Å². The Morgan fingerprint density at radius 1 is 1.08 bits per heavy atom. The van der Waals surface area contributed by atoms with E-state index in [0.29, 0.717) is 29.3 Å². The molecule has 132 valence electrons. The highest BCUT2D eigenvalue weighted by Crippen LogP contribution is 2.17. The van der Waals surface area contributed by atoms with Crippen LogP contribution in [0.25, 0.3) is 0 Å². The fraction of sp³-hybridized carbons (Fsp3) is 0.263. The van der Waals surface area contributed by atoms with Crippen molar-refractivity contribution in [3.63, 3.8) is 0 Å². The van der Waals surface area contributed by atoms with E-state index < -0.39 is 6.10 Å². The van der Waals surface area contributed by atoms with Crippen molar-refractivity contribution >= 4 is 29.1 Å². The van der Waals surface area contributed by atoms with Crippen molar-refractivity contribution in [3.05, 3.63) is 59.1 Å². The summed E-state index contributed by atoms with van der Waals surface area (Å²) in [6, 6.07) is 14.3. The van der Waals surface area contributed by atoms with Crippen molar-refractivity contribution in [2.45, 2.75) is 25.9 Å². The topological polar surface area (TPSA) is 67.4 Å². The van der Waals surface area contributed by atoms with E-state index in [2.05, 4.69) is 10.6 Å². The number of rotatable bonds is 7. The van der Waals surface area contributed by atoms with Crippen molar-refractivity contribution in [1.29, 1.82) is 0 Å². The molecule has 0 spiro atoms. The minimum atomic E-state index is -0.644. The maximum atomic E-state index is 12.2. The van der Waals surface area contributed by atoms with E-state index in [1.54, 1.807) is 38.2 Å². The highest BCUT2D eigenvalue weighted by atomic mass is 35.5. The first-order chi connectivity index (χ1) is 12.0. The van der Waals surface area contributed by atoms with Gasteiger partial charge in [0, 0.05) is 24.2 Å². The highest BCUT2D eigenvalue weighted by Gasteiger charge is 2.15. The van der Waals surface area contributed by atoms with E-state index in [-0.39, 0.29) is 11.8 Å². The van der Waals surface area contributed by atoms with Crippen LogP contribution >= 0.6 is 11.6 Å². The van der Waals surface area contributed by atoms with Gasteiger partial charge < -0.3 is 15.4 Å². The quantitative estimate of drug-likeness (QED) is 0.795. The van der Waals surface area contributed by atoms with Gasteiger partial charge in [0.25, 0.3) is 5.91 Å². The van der Waals surface area contributed by atoms with Gasteiger partial charge in [0.2, 0.25) is 5.91 Å². The fourth-order valence-electron chi connectivity index (χ4n) is 2.15. The molecule has 2 aromatic rings. The number of halogens is 1. The molecule has 1 atom stereocenters. The van der Waals surface area contributed by atoms with E-state index in [0.717, 1.165) is 5.56 Å². The summed E-state index contributed by atoms with van der Waals surface area (Å²) in [5.74, 6) is 0.343. The molecule has 0 heterocycles. The number of aryl methyl sites for hydroxylation is 1. The summed E-state index contributed by atoms with van der Waals surface area (Å²) in [7, 11) is 1.62. The van der Waals surface area contributed by atoms with Crippen molar-refractivity contribution in [3.8, 4) is 5.75 Å². The lowest BCUT2D eigenvalue weighted by Gasteiger charge is -2.15. The van der Waals surface area contributed by atoms with Gasteiger partial charge in [0.1, 0.15) is 5.75 Å². The molecule has 2 rings (SSSR count). The summed E-state index contributed by atoms with van der Waals surface area (Å²) in [5, 5.41) is 6.01. The van der Waals surface area contributed by atoms with Crippen LogP contribution in [0.15, 0.2) is 48.5 Å². The number of amides is 2. The first kappa shape index (κ1) is 18.8. The van der Waals surface area contributed by atoms with Gasteiger partial charge in [-0.25, -0.2) is 0 Å². The van der Waals surface area contributed by atoms with Gasteiger partial charge in [-0.3, -0.25) is 9.59 Å². The first-order valence-electron chi connectivity index (χ1n) is 8.00. The molecule has 0 radical (unpaired) electrons. The van der Waals surface area contributed by atoms with Gasteiger partial charge in [-0.2, -0.15) is 0 Å². The van der Waals surface area contributed by atoms with Crippen molar-refractivity contribution in [1.82, 2.24) is 5.32 Å². The van der Waals surface area contributed by atoms with Crippen LogP contribution in [0, 0.1) is 0 Å². The molecule has 6 heteroatoms. The normalized spacial score (nSPS) is 11.5. The second kappa shape index (κ2) is 9.08. The highest BCUT2D eigenvalue weighted by molar-refractivity contribution is 6.30. The maximum Gasteiger partial charge on any atom is 0.265 e. The first-order valence-corrected chi connectivity index (χ1v) is 8.38. The molecule has 1 unspecified atom stereocenters. The number of nitrogens with one attached hydrogen (secondary N) is 2. The molecule has 0 aliphatic carbocycles. The largest absolute Gasteiger partial charge is 0.481 e. The van der Waals surface area contributed by atoms with Crippen LogP contribution in [0.2, 0.25) is 5.02 Å². The summed E-state index contributed by atoms with van der Waals surface area (Å²) in [4.78, 5) is 23.5. The van der Waals surface area contributed by atoms with Gasteiger partial charge >= 0.3 is 0 Å². The predicted molar refractivity (Wildman–Crippen MR) is 99.0 cm³/mol. The second-order valence-corrected chi connectivity index (χ2v) is 6.01. The van der Waals surface area contributed by atoms with Crippen LogP contribution < -0.4 is 15.4 Å². The van der Waals surface area contributed by atoms with Crippen molar-refractivity contribution in [2.24, 2.45) is 0 Å². The molecule has 5 nitrogen and oxygen atoms in total. The van der Waals surface area contributed by atoms with Crippen molar-refractivity contribution < 1.29 is 14.3 Å². The number of carbonyl (C=O) groups is 2. The zero-order chi connectivity index (χ0) is 18.2. The molecule has 2 N–H and O–H groups in total. The molecule has 0 saturated heterocycles. The van der Waals surface area contributed by atoms with Gasteiger partial charge in [-0.05, 0) is 55.3 Å². The zero-order valence-corrected chi connectivity index (χ0v) is 15.0. The summed E-state index contributed by atoms with van der Waals surface area (Å²) in [6.07, 6.45) is 0.451. The van der Waals surface area contributed by atoms with Gasteiger partial charge in [0.15, 0.2) is 6.10 Å². The molecule has 2 aromatic carbocycles. The summed E-state index contributed by atoms with van der Waals surface area (Å²) in [6.45, 7) is 1.68. The van der Waals surface area contributed by atoms with Crippen LogP contribution in [0.4, 0.5) is 5.69 Å². The van der Waals surface area contributed by atoms with Crippen LogP contribution in [-0.2, 0) is 16.0 Å². The summed E-state index contributed by atoms with van der Waals surface area (Å²) in [5.41, 5.74) is 1.72. The third-order valence-electron chi connectivity index (χ3n) is 3.64. The molecule has 0 aliphatic rings. The smallest absolute Gasteiger partial charge is 0.265 e. The molecule has 2 amide bonds. The predicted octanol–water partition coefficient (Wildman–Crippen LogP) is 3.42. The van der Waals surface area contributed by atoms with E-state index in [1.807, 2.05) is 24.3 Å². The van der Waals surface area contributed by atoms with E-state index in [9.17, 15) is 9.59 Å². The number of hydrogen-bond donors (Lipinski definition) is 2. The average molecular weight is 361 g/mol. The van der Waals surface area contributed by atoms with Crippen LogP contribution in [0.1, 0.15) is 18.9 Å². The Morgan fingerprint density at radius 3 is 2.32 bits per heavy atom. The standard InChI is InChI=1S/C19H21ClN2O3/c1-13(25-17-10-6-15(20)7-11-17)19(24)22-16-8-3-14(4-9-16)5-12-18(23)21-2/h3-4,6-11,13H,5,12H2,1-2H3,(H,21,23)(H,22,24). The Labute approximate surface area is 152 Å². The summed E-state index contributed by atoms with van der Waals surface area (Å²) >= 11 is 5.82. The number of hydrogen-bond acceptors (Lipinski definition) is 3. The Balaban J connectivity index is 1.86. The lowest BCUT2D eigenvalue weighted by Crippen LogP contribution is -2.30. The third-order valence-corrected chi connectivity index (χ3v) is 3.89. The molecule has 25 heavy (non-hydrogen) atoms. The fourth-order valence-corrected chi connectivity index (χ4v) is 2.28. The molecular weight excluding hydrogens is 340 g/mol. The van der Waals surface area contributed by atoms with Gasteiger partial charge in [0.05, 0.1) is 0 Å². The van der Waals surface area contributed by atoms with Crippen LogP contribution in [0.3, 0.4) is 0 Å². The molecule has 0 aliphatic heterocycles. The third kappa shape index (κ3) is 6.12. The molecular formula is C19H21ClN2O3. The SMILES string of the molecule is CNC(=O)CCc1ccc(NC(=O)C(C)Oc2ccc(Cl)cc2)cc1. The van der Waals surface area contributed by atoms with E-state index in [1.165, 1.54) is 0 Å². The zero-order valence-electron chi connectivity index (χ0n) is 14.2. The van der Waals surface area contributed by atoms with E-state index in [4.69, 9.17) is 16.3 Å². The number of anilines is 1. The minimum absolute atomic E-state index is 0.00514. The average Bonchev–Trinajstić information content (AvgIpc) is 2.62. The Hall–Kier alpha value is -2.53. The van der Waals surface area contributed by atoms with Crippen LogP contribution in [-0.4, -0.2) is 25.0 Å². The molecule has 0 aromatic heterocycles. The number of benzene rings is 2. The van der Waals surface area contributed by atoms with Crippen molar-refractivity contribution in [2.75, 3.05) is 12.4 Å². The lowest BCUT2D eigenvalue weighted by molar-refractivity contribution is -0.122. The molecule has 0 fully saturated rings. The number of carbonyl (C=O) groups excluding carboxylic acids is 2. The molecule has 0 saturated carbocycles. The Morgan fingerprint density at radius 2 is 1.72 bits per heavy atom. The van der Waals surface area contributed by atoms with Gasteiger partial charge in [-0.15, -0.1) is 0 Å². The van der Waals surface area contributed by atoms with E-state index >= 15 is 0 Å².